The van der Waals surface area contributed by atoms with Crippen LogP contribution in [0.5, 0.6) is 5.75 Å². The van der Waals surface area contributed by atoms with E-state index in [1.807, 2.05) is 6.07 Å². The van der Waals surface area contributed by atoms with Crippen LogP contribution in [0.2, 0.25) is 0 Å². The van der Waals surface area contributed by atoms with E-state index in [0.717, 1.165) is 24.4 Å². The second-order valence-electron chi connectivity index (χ2n) is 5.69. The average molecular weight is 279 g/mol. The third-order valence-electron chi connectivity index (χ3n) is 4.16. The smallest absolute Gasteiger partial charge is 0.122 e. The van der Waals surface area contributed by atoms with E-state index in [1.54, 1.807) is 7.11 Å². The highest BCUT2D eigenvalue weighted by molar-refractivity contribution is 5.39. The Balaban J connectivity index is 2.16. The van der Waals surface area contributed by atoms with Crippen LogP contribution < -0.4 is 4.74 Å². The van der Waals surface area contributed by atoms with Crippen LogP contribution in [0, 0.1) is 0 Å². The lowest BCUT2D eigenvalue weighted by Gasteiger charge is -2.29. The maximum Gasteiger partial charge on any atom is 0.122 e. The fourth-order valence-electron chi connectivity index (χ4n) is 2.87. The molecule has 1 fully saturated rings. The number of nitrogens with zero attached hydrogens (tertiary/aromatic N) is 1. The maximum absolute atomic E-state index is 9.66. The van der Waals surface area contributed by atoms with Gasteiger partial charge in [0, 0.05) is 6.42 Å². The molecule has 112 valence electrons. The monoisotopic (exact) mass is 279 g/mol. The van der Waals surface area contributed by atoms with Crippen LogP contribution in [0.1, 0.15) is 29.9 Å². The predicted octanol–water partition coefficient (Wildman–Crippen LogP) is 1.40. The van der Waals surface area contributed by atoms with Gasteiger partial charge in [-0.15, -0.1) is 0 Å². The molecule has 4 nitrogen and oxygen atoms in total. The maximum atomic E-state index is 9.66. The molecule has 0 saturated carbocycles. The first-order chi connectivity index (χ1) is 9.63. The van der Waals surface area contributed by atoms with Gasteiger partial charge in [0.15, 0.2) is 0 Å². The van der Waals surface area contributed by atoms with Crippen LogP contribution in [-0.2, 0) is 6.42 Å². The molecule has 1 atom stereocenters. The first-order valence-corrected chi connectivity index (χ1v) is 7.28. The van der Waals surface area contributed by atoms with E-state index in [1.165, 1.54) is 18.4 Å². The van der Waals surface area contributed by atoms with Gasteiger partial charge in [0.2, 0.25) is 0 Å². The normalized spacial score (nSPS) is 19.0. The van der Waals surface area contributed by atoms with Crippen LogP contribution in [0.15, 0.2) is 18.2 Å². The second kappa shape index (κ2) is 7.07. The number of ether oxygens (including phenoxy) is 1. The predicted molar refractivity (Wildman–Crippen MR) is 79.3 cm³/mol. The number of aliphatic hydroxyl groups excluding tert-OH is 2. The number of hydrogen-bond acceptors (Lipinski definition) is 4. The molecular weight excluding hydrogens is 254 g/mol. The van der Waals surface area contributed by atoms with Crippen molar-refractivity contribution in [2.45, 2.75) is 31.3 Å². The molecule has 0 amide bonds. The van der Waals surface area contributed by atoms with Gasteiger partial charge >= 0.3 is 0 Å². The van der Waals surface area contributed by atoms with Crippen molar-refractivity contribution < 1.29 is 14.9 Å². The van der Waals surface area contributed by atoms with E-state index in [4.69, 9.17) is 9.84 Å². The van der Waals surface area contributed by atoms with Crippen molar-refractivity contribution in [2.75, 3.05) is 33.9 Å². The third-order valence-corrected chi connectivity index (χ3v) is 4.16. The Labute approximate surface area is 121 Å². The van der Waals surface area contributed by atoms with E-state index >= 15 is 0 Å². The molecular formula is C16H25NO3. The summed E-state index contributed by atoms with van der Waals surface area (Å²) < 4.78 is 5.35. The summed E-state index contributed by atoms with van der Waals surface area (Å²) in [5, 5.41) is 18.7. The second-order valence-corrected chi connectivity index (χ2v) is 5.69. The Morgan fingerprint density at radius 1 is 1.35 bits per heavy atom. The Hall–Kier alpha value is -1.10. The number of likely N-dealkylation sites (tertiary alicyclic amines) is 1. The fraction of sp³-hybridized carbons (Fsp3) is 0.625. The highest BCUT2D eigenvalue weighted by Crippen LogP contribution is 2.31. The van der Waals surface area contributed by atoms with Crippen LogP contribution in [0.4, 0.5) is 0 Å². The number of methoxy groups -OCH3 is 1. The topological polar surface area (TPSA) is 52.9 Å². The molecule has 1 heterocycles. The molecule has 20 heavy (non-hydrogen) atoms. The van der Waals surface area contributed by atoms with Crippen molar-refractivity contribution in [3.63, 3.8) is 0 Å². The Kier molecular flexibility index (Phi) is 5.40. The summed E-state index contributed by atoms with van der Waals surface area (Å²) in [6, 6.07) is 6.24. The van der Waals surface area contributed by atoms with Crippen molar-refractivity contribution in [1.29, 1.82) is 0 Å². The van der Waals surface area contributed by atoms with E-state index in [-0.39, 0.29) is 6.61 Å². The SMILES string of the molecule is COc1ccc(C2CCN(C)CC2)cc1CC(O)CO. The lowest BCUT2D eigenvalue weighted by molar-refractivity contribution is 0.0949. The van der Waals surface area contributed by atoms with Gasteiger partial charge in [-0.05, 0) is 56.1 Å². The molecule has 1 aromatic carbocycles. The van der Waals surface area contributed by atoms with Gasteiger partial charge < -0.3 is 19.8 Å². The van der Waals surface area contributed by atoms with Gasteiger partial charge in [0.25, 0.3) is 0 Å². The molecule has 1 aromatic rings. The summed E-state index contributed by atoms with van der Waals surface area (Å²) in [4.78, 5) is 2.36. The minimum absolute atomic E-state index is 0.221. The molecule has 1 aliphatic rings. The molecule has 2 N–H and O–H groups in total. The molecule has 0 aromatic heterocycles. The summed E-state index contributed by atoms with van der Waals surface area (Å²) in [6.45, 7) is 2.04. The minimum atomic E-state index is -0.725. The van der Waals surface area contributed by atoms with Gasteiger partial charge in [-0.3, -0.25) is 0 Å². The zero-order valence-electron chi connectivity index (χ0n) is 12.4. The van der Waals surface area contributed by atoms with E-state index in [9.17, 15) is 5.11 Å². The van der Waals surface area contributed by atoms with E-state index in [0.29, 0.717) is 12.3 Å². The molecule has 0 radical (unpaired) electrons. The first kappa shape index (κ1) is 15.3. The van der Waals surface area contributed by atoms with E-state index < -0.39 is 6.10 Å². The summed E-state index contributed by atoms with van der Waals surface area (Å²) >= 11 is 0. The van der Waals surface area contributed by atoms with Gasteiger partial charge in [-0.25, -0.2) is 0 Å². The molecule has 1 aliphatic heterocycles. The minimum Gasteiger partial charge on any atom is -0.496 e. The average Bonchev–Trinajstić information content (AvgIpc) is 2.48. The molecule has 0 spiro atoms. The van der Waals surface area contributed by atoms with Crippen molar-refractivity contribution in [1.82, 2.24) is 4.90 Å². The first-order valence-electron chi connectivity index (χ1n) is 7.28. The summed E-state index contributed by atoms with van der Waals surface area (Å²) in [7, 11) is 3.80. The molecule has 4 heteroatoms. The summed E-state index contributed by atoms with van der Waals surface area (Å²) in [5.41, 5.74) is 2.30. The zero-order valence-corrected chi connectivity index (χ0v) is 12.4. The molecule has 1 unspecified atom stereocenters. The van der Waals surface area contributed by atoms with Crippen molar-refractivity contribution in [3.05, 3.63) is 29.3 Å². The molecule has 0 aliphatic carbocycles. The quantitative estimate of drug-likeness (QED) is 0.855. The van der Waals surface area contributed by atoms with Gasteiger partial charge in [0.05, 0.1) is 19.8 Å². The van der Waals surface area contributed by atoms with Crippen LogP contribution >= 0.6 is 0 Å². The third kappa shape index (κ3) is 3.72. The zero-order chi connectivity index (χ0) is 14.5. The number of piperidine rings is 1. The lowest BCUT2D eigenvalue weighted by Crippen LogP contribution is -2.29. The fourth-order valence-corrected chi connectivity index (χ4v) is 2.87. The number of rotatable bonds is 5. The standard InChI is InChI=1S/C16H25NO3/c1-17-7-5-12(6-8-17)13-3-4-16(20-2)14(9-13)10-15(19)11-18/h3-4,9,12,15,18-19H,5-8,10-11H2,1-2H3. The highest BCUT2D eigenvalue weighted by atomic mass is 16.5. The molecule has 0 bridgehead atoms. The van der Waals surface area contributed by atoms with Gasteiger partial charge in [0.1, 0.15) is 5.75 Å². The highest BCUT2D eigenvalue weighted by Gasteiger charge is 2.20. The number of aliphatic hydroxyl groups is 2. The molecule has 1 saturated heterocycles. The number of benzene rings is 1. The van der Waals surface area contributed by atoms with Crippen molar-refractivity contribution in [2.24, 2.45) is 0 Å². The Bertz CT molecular complexity index is 428. The number of hydrogen-bond donors (Lipinski definition) is 2. The molecule has 2 rings (SSSR count). The van der Waals surface area contributed by atoms with Crippen LogP contribution in [0.25, 0.3) is 0 Å². The van der Waals surface area contributed by atoms with E-state index in [2.05, 4.69) is 24.1 Å². The van der Waals surface area contributed by atoms with Crippen LogP contribution in [-0.4, -0.2) is 55.1 Å². The summed E-state index contributed by atoms with van der Waals surface area (Å²) in [5.74, 6) is 1.37. The Morgan fingerprint density at radius 3 is 2.65 bits per heavy atom. The summed E-state index contributed by atoms with van der Waals surface area (Å²) in [6.07, 6.45) is 2.05. The largest absolute Gasteiger partial charge is 0.496 e. The van der Waals surface area contributed by atoms with Crippen molar-refractivity contribution >= 4 is 0 Å². The van der Waals surface area contributed by atoms with Crippen molar-refractivity contribution in [3.8, 4) is 5.75 Å². The van der Waals surface area contributed by atoms with Gasteiger partial charge in [-0.1, -0.05) is 12.1 Å². The van der Waals surface area contributed by atoms with Crippen LogP contribution in [0.3, 0.4) is 0 Å². The van der Waals surface area contributed by atoms with Gasteiger partial charge in [-0.2, -0.15) is 0 Å². The Morgan fingerprint density at radius 2 is 2.05 bits per heavy atom. The lowest BCUT2D eigenvalue weighted by atomic mass is 9.88.